The second kappa shape index (κ2) is 4.40. The largest absolute Gasteiger partial charge is 0.338 e. The first kappa shape index (κ1) is 10.8. The average Bonchev–Trinajstić information content (AvgIpc) is 2.64. The fourth-order valence-corrected chi connectivity index (χ4v) is 1.53. The molecule has 0 saturated carbocycles. The van der Waals surface area contributed by atoms with Gasteiger partial charge in [0, 0.05) is 11.0 Å². The van der Waals surface area contributed by atoms with Crippen molar-refractivity contribution in [2.75, 3.05) is 5.32 Å². The number of nitrogens with one attached hydrogen (secondary N) is 1. The van der Waals surface area contributed by atoms with Gasteiger partial charge in [0.15, 0.2) is 0 Å². The molecule has 1 aromatic heterocycles. The highest BCUT2D eigenvalue weighted by molar-refractivity contribution is 7.80. The Morgan fingerprint density at radius 3 is 2.81 bits per heavy atom. The Morgan fingerprint density at radius 2 is 2.19 bits per heavy atom. The number of hydrogen-bond donors (Lipinski definition) is 2. The number of carbonyl (C=O) groups excluding carboxylic acids is 1. The number of nitrogens with zero attached hydrogens (tertiary/aromatic N) is 1. The summed E-state index contributed by atoms with van der Waals surface area (Å²) in [5.41, 5.74) is 1.22. The van der Waals surface area contributed by atoms with Crippen LogP contribution in [0.2, 0.25) is 0 Å². The number of carbonyl (C=O) groups is 1. The number of rotatable bonds is 2. The molecule has 0 fully saturated rings. The van der Waals surface area contributed by atoms with Crippen molar-refractivity contribution in [2.24, 2.45) is 0 Å². The fraction of sp³-hybridized carbons (Fsp3) is 0.0909. The summed E-state index contributed by atoms with van der Waals surface area (Å²) in [5, 5.41) is 6.28. The summed E-state index contributed by atoms with van der Waals surface area (Å²) in [6, 6.07) is 8.70. The second-order valence-corrected chi connectivity index (χ2v) is 3.79. The van der Waals surface area contributed by atoms with E-state index in [1.54, 1.807) is 31.2 Å². The molecule has 1 amide bonds. The van der Waals surface area contributed by atoms with Crippen molar-refractivity contribution in [3.63, 3.8) is 0 Å². The minimum atomic E-state index is -0.262. The lowest BCUT2D eigenvalue weighted by atomic mass is 10.2. The minimum Gasteiger partial charge on any atom is -0.338 e. The van der Waals surface area contributed by atoms with E-state index in [9.17, 15) is 4.79 Å². The van der Waals surface area contributed by atoms with Crippen LogP contribution in [0.3, 0.4) is 0 Å². The van der Waals surface area contributed by atoms with Crippen LogP contribution in [0.5, 0.6) is 0 Å². The maximum atomic E-state index is 11.8. The third-order valence-electron chi connectivity index (χ3n) is 2.01. The lowest BCUT2D eigenvalue weighted by Crippen LogP contribution is -2.11. The van der Waals surface area contributed by atoms with Crippen LogP contribution in [0.25, 0.3) is 0 Å². The van der Waals surface area contributed by atoms with Crippen LogP contribution in [0.4, 0.5) is 5.88 Å². The molecule has 1 heterocycles. The normalized spacial score (nSPS) is 10.1. The molecule has 0 saturated heterocycles. The lowest BCUT2D eigenvalue weighted by Gasteiger charge is -2.03. The highest BCUT2D eigenvalue weighted by atomic mass is 32.1. The first-order valence-corrected chi connectivity index (χ1v) is 5.14. The minimum absolute atomic E-state index is 0.262. The first-order valence-electron chi connectivity index (χ1n) is 4.69. The summed E-state index contributed by atoms with van der Waals surface area (Å²) in [7, 11) is 0. The Hall–Kier alpha value is -1.75. The zero-order valence-corrected chi connectivity index (χ0v) is 9.49. The zero-order chi connectivity index (χ0) is 11.5. The van der Waals surface area contributed by atoms with E-state index in [-0.39, 0.29) is 5.91 Å². The number of hydrogen-bond acceptors (Lipinski definition) is 4. The Bertz CT molecular complexity index is 522. The molecule has 1 aromatic carbocycles. The van der Waals surface area contributed by atoms with Crippen LogP contribution < -0.4 is 5.32 Å². The molecule has 16 heavy (non-hydrogen) atoms. The molecule has 1 N–H and O–H groups in total. The molecule has 0 radical (unpaired) electrons. The van der Waals surface area contributed by atoms with Crippen molar-refractivity contribution in [3.05, 3.63) is 41.6 Å². The molecule has 2 aromatic rings. The van der Waals surface area contributed by atoms with E-state index in [0.717, 1.165) is 5.69 Å². The van der Waals surface area contributed by atoms with Gasteiger partial charge in [-0.25, -0.2) is 0 Å². The summed E-state index contributed by atoms with van der Waals surface area (Å²) in [4.78, 5) is 12.4. The molecule has 82 valence electrons. The van der Waals surface area contributed by atoms with Gasteiger partial charge in [-0.1, -0.05) is 17.3 Å². The number of benzene rings is 1. The van der Waals surface area contributed by atoms with E-state index in [1.807, 2.05) is 6.07 Å². The van der Waals surface area contributed by atoms with E-state index >= 15 is 0 Å². The van der Waals surface area contributed by atoms with Gasteiger partial charge >= 0.3 is 0 Å². The number of anilines is 1. The van der Waals surface area contributed by atoms with Crippen molar-refractivity contribution < 1.29 is 9.32 Å². The van der Waals surface area contributed by atoms with Gasteiger partial charge in [0.2, 0.25) is 5.88 Å². The van der Waals surface area contributed by atoms with Gasteiger partial charge in [0.25, 0.3) is 5.91 Å². The highest BCUT2D eigenvalue weighted by Crippen LogP contribution is 2.16. The van der Waals surface area contributed by atoms with Gasteiger partial charge in [-0.2, -0.15) is 0 Å². The standard InChI is InChI=1S/C11H10N2O2S/c1-7-6-10(15-13-7)12-11(14)8-4-2-3-5-9(8)16/h2-6,16H,1H3,(H,12,14). The molecule has 0 atom stereocenters. The van der Waals surface area contributed by atoms with Gasteiger partial charge < -0.3 is 4.52 Å². The Labute approximate surface area is 98.1 Å². The summed E-state index contributed by atoms with van der Waals surface area (Å²) in [6.07, 6.45) is 0. The van der Waals surface area contributed by atoms with Gasteiger partial charge in [-0.3, -0.25) is 10.1 Å². The SMILES string of the molecule is Cc1cc(NC(=O)c2ccccc2S)on1. The molecule has 2 rings (SSSR count). The Balaban J connectivity index is 2.18. The van der Waals surface area contributed by atoms with Gasteiger partial charge in [-0.05, 0) is 19.1 Å². The summed E-state index contributed by atoms with van der Waals surface area (Å²) < 4.78 is 4.89. The molecule has 5 heteroatoms. The zero-order valence-electron chi connectivity index (χ0n) is 8.60. The molecule has 0 aliphatic rings. The molecule has 0 bridgehead atoms. The quantitative estimate of drug-likeness (QED) is 0.785. The lowest BCUT2D eigenvalue weighted by molar-refractivity contribution is 0.102. The molecule has 0 aliphatic carbocycles. The summed E-state index contributed by atoms with van der Waals surface area (Å²) in [6.45, 7) is 1.78. The van der Waals surface area contributed by atoms with Crippen LogP contribution in [-0.2, 0) is 0 Å². The predicted octanol–water partition coefficient (Wildman–Crippen LogP) is 2.52. The van der Waals surface area contributed by atoms with E-state index in [1.165, 1.54) is 0 Å². The van der Waals surface area contributed by atoms with Crippen LogP contribution in [0.1, 0.15) is 16.1 Å². The number of aryl methyl sites for hydroxylation is 1. The van der Waals surface area contributed by atoms with E-state index in [0.29, 0.717) is 16.3 Å². The monoisotopic (exact) mass is 234 g/mol. The van der Waals surface area contributed by atoms with Crippen molar-refractivity contribution >= 4 is 24.4 Å². The third kappa shape index (κ3) is 2.25. The molecule has 0 unspecified atom stereocenters. The number of amides is 1. The van der Waals surface area contributed by atoms with Crippen LogP contribution in [0, 0.1) is 6.92 Å². The molecule has 4 nitrogen and oxygen atoms in total. The highest BCUT2D eigenvalue weighted by Gasteiger charge is 2.11. The van der Waals surface area contributed by atoms with Crippen LogP contribution >= 0.6 is 12.6 Å². The second-order valence-electron chi connectivity index (χ2n) is 3.30. The fourth-order valence-electron chi connectivity index (χ4n) is 1.27. The summed E-state index contributed by atoms with van der Waals surface area (Å²) >= 11 is 4.20. The van der Waals surface area contributed by atoms with Crippen molar-refractivity contribution in [1.82, 2.24) is 5.16 Å². The third-order valence-corrected chi connectivity index (χ3v) is 2.40. The maximum Gasteiger partial charge on any atom is 0.259 e. The van der Waals surface area contributed by atoms with Crippen LogP contribution in [0.15, 0.2) is 39.8 Å². The van der Waals surface area contributed by atoms with E-state index in [4.69, 9.17) is 4.52 Å². The number of aromatic nitrogens is 1. The molecule has 0 aliphatic heterocycles. The first-order chi connectivity index (χ1) is 7.66. The van der Waals surface area contributed by atoms with E-state index < -0.39 is 0 Å². The number of thiol groups is 1. The molecular formula is C11H10N2O2S. The summed E-state index contributed by atoms with van der Waals surface area (Å²) in [5.74, 6) is 0.0702. The molecular weight excluding hydrogens is 224 g/mol. The Morgan fingerprint density at radius 1 is 1.44 bits per heavy atom. The van der Waals surface area contributed by atoms with E-state index in [2.05, 4.69) is 23.1 Å². The van der Waals surface area contributed by atoms with Crippen molar-refractivity contribution in [1.29, 1.82) is 0 Å². The van der Waals surface area contributed by atoms with Gasteiger partial charge in [0.05, 0.1) is 11.3 Å². The van der Waals surface area contributed by atoms with Gasteiger partial charge in [0.1, 0.15) is 0 Å². The van der Waals surface area contributed by atoms with Crippen LogP contribution in [-0.4, -0.2) is 11.1 Å². The molecule has 0 spiro atoms. The topological polar surface area (TPSA) is 55.1 Å². The Kier molecular flexibility index (Phi) is 2.96. The van der Waals surface area contributed by atoms with Crippen molar-refractivity contribution in [2.45, 2.75) is 11.8 Å². The average molecular weight is 234 g/mol. The van der Waals surface area contributed by atoms with Gasteiger partial charge in [-0.15, -0.1) is 12.6 Å². The smallest absolute Gasteiger partial charge is 0.259 e. The predicted molar refractivity (Wildman–Crippen MR) is 62.9 cm³/mol. The van der Waals surface area contributed by atoms with Crippen molar-refractivity contribution in [3.8, 4) is 0 Å². The maximum absolute atomic E-state index is 11.8.